The van der Waals surface area contributed by atoms with Gasteiger partial charge >= 0.3 is 0 Å². The third-order valence-corrected chi connectivity index (χ3v) is 1.09. The highest BCUT2D eigenvalue weighted by Crippen LogP contribution is 1.82. The van der Waals surface area contributed by atoms with Crippen molar-refractivity contribution >= 4 is 0 Å². The zero-order valence-electron chi connectivity index (χ0n) is 6.06. The number of hydrogen-bond acceptors (Lipinski definition) is 2. The highest BCUT2D eigenvalue weighted by Gasteiger charge is 1.91. The fourth-order valence-electron chi connectivity index (χ4n) is 0.570. The minimum atomic E-state index is -0.457. The van der Waals surface area contributed by atoms with Crippen LogP contribution in [0.25, 0.3) is 0 Å². The average Bonchev–Trinajstić information content (AvgIpc) is 1.80. The lowest BCUT2D eigenvalue weighted by Gasteiger charge is -2.04. The Balaban J connectivity index is 2.75. The van der Waals surface area contributed by atoms with Gasteiger partial charge in [-0.1, -0.05) is 13.3 Å². The van der Waals surface area contributed by atoms with Gasteiger partial charge < -0.3 is 10.4 Å². The van der Waals surface area contributed by atoms with Crippen molar-refractivity contribution in [3.8, 4) is 0 Å². The molecular weight excluding hydrogens is 114 g/mol. The molecule has 0 aromatic carbocycles. The molecule has 0 aliphatic rings. The van der Waals surface area contributed by atoms with Crippen molar-refractivity contribution in [2.75, 3.05) is 13.1 Å². The van der Waals surface area contributed by atoms with Gasteiger partial charge in [-0.2, -0.15) is 0 Å². The predicted molar refractivity (Wildman–Crippen MR) is 39.1 cm³/mol. The van der Waals surface area contributed by atoms with E-state index < -0.39 is 6.10 Å². The molecule has 1 radical (unpaired) electrons. The Bertz CT molecular complexity index is 54.9. The minimum absolute atomic E-state index is 0.457. The van der Waals surface area contributed by atoms with E-state index in [4.69, 9.17) is 5.11 Å². The first-order valence-electron chi connectivity index (χ1n) is 3.49. The number of nitrogens with one attached hydrogen (secondary N) is 1. The summed E-state index contributed by atoms with van der Waals surface area (Å²) in [6, 6.07) is 0. The summed E-state index contributed by atoms with van der Waals surface area (Å²) in [6.07, 6.45) is 1.91. The van der Waals surface area contributed by atoms with Crippen LogP contribution < -0.4 is 5.32 Å². The molecule has 2 nitrogen and oxygen atoms in total. The molecule has 0 spiro atoms. The third kappa shape index (κ3) is 7.92. The van der Waals surface area contributed by atoms with E-state index >= 15 is 0 Å². The highest BCUT2D eigenvalue weighted by atomic mass is 16.3. The monoisotopic (exact) mass is 130 g/mol. The summed E-state index contributed by atoms with van der Waals surface area (Å²) >= 11 is 0. The normalized spacial score (nSPS) is 13.7. The van der Waals surface area contributed by atoms with Crippen molar-refractivity contribution in [1.82, 2.24) is 5.32 Å². The number of unbranched alkanes of at least 4 members (excludes halogenated alkanes) is 1. The molecule has 0 aromatic rings. The Morgan fingerprint density at radius 3 is 2.78 bits per heavy atom. The molecule has 0 aliphatic heterocycles. The Kier molecular flexibility index (Phi) is 5.99. The average molecular weight is 130 g/mol. The summed E-state index contributed by atoms with van der Waals surface area (Å²) in [5.74, 6) is 0. The molecule has 0 bridgehead atoms. The van der Waals surface area contributed by atoms with Crippen LogP contribution in [0, 0.1) is 6.92 Å². The van der Waals surface area contributed by atoms with Gasteiger partial charge in [0.2, 0.25) is 0 Å². The second-order valence-electron chi connectivity index (χ2n) is 2.21. The first-order valence-corrected chi connectivity index (χ1v) is 3.49. The van der Waals surface area contributed by atoms with Gasteiger partial charge in [0.25, 0.3) is 0 Å². The molecular formula is C7H16NO. The van der Waals surface area contributed by atoms with E-state index in [0.29, 0.717) is 6.54 Å². The first kappa shape index (κ1) is 8.92. The summed E-state index contributed by atoms with van der Waals surface area (Å²) in [7, 11) is 0. The Labute approximate surface area is 57.3 Å². The molecule has 2 N–H and O–H groups in total. The van der Waals surface area contributed by atoms with Crippen molar-refractivity contribution in [2.24, 2.45) is 0 Å². The fraction of sp³-hybridized carbons (Fsp3) is 0.857. The maximum Gasteiger partial charge on any atom is 0.0665 e. The van der Waals surface area contributed by atoms with E-state index in [1.807, 2.05) is 0 Å². The van der Waals surface area contributed by atoms with E-state index in [-0.39, 0.29) is 0 Å². The van der Waals surface area contributed by atoms with Crippen LogP contribution in [0.5, 0.6) is 0 Å². The molecule has 0 aromatic heterocycles. The zero-order chi connectivity index (χ0) is 7.11. The first-order chi connectivity index (χ1) is 4.27. The van der Waals surface area contributed by atoms with Gasteiger partial charge in [0.15, 0.2) is 0 Å². The lowest BCUT2D eigenvalue weighted by Crippen LogP contribution is -2.25. The quantitative estimate of drug-likeness (QED) is 0.533. The van der Waals surface area contributed by atoms with E-state index in [1.54, 1.807) is 0 Å². The van der Waals surface area contributed by atoms with Crippen LogP contribution in [-0.2, 0) is 0 Å². The molecule has 0 saturated carbocycles. The van der Waals surface area contributed by atoms with Gasteiger partial charge in [-0.15, -0.1) is 0 Å². The van der Waals surface area contributed by atoms with Gasteiger partial charge in [0.05, 0.1) is 6.10 Å². The predicted octanol–water partition coefficient (Wildman–Crippen LogP) is 0.571. The smallest absolute Gasteiger partial charge is 0.0665 e. The van der Waals surface area contributed by atoms with Crippen molar-refractivity contribution in [1.29, 1.82) is 0 Å². The summed E-state index contributed by atoms with van der Waals surface area (Å²) in [5, 5.41) is 11.8. The summed E-state index contributed by atoms with van der Waals surface area (Å²) in [5.41, 5.74) is 0. The van der Waals surface area contributed by atoms with Gasteiger partial charge in [-0.3, -0.25) is 0 Å². The van der Waals surface area contributed by atoms with E-state index in [9.17, 15) is 0 Å². The van der Waals surface area contributed by atoms with Crippen molar-refractivity contribution in [3.05, 3.63) is 6.92 Å². The Morgan fingerprint density at radius 1 is 1.67 bits per heavy atom. The number of aliphatic hydroxyl groups is 1. The van der Waals surface area contributed by atoms with Crippen molar-refractivity contribution in [2.45, 2.75) is 25.9 Å². The van der Waals surface area contributed by atoms with Crippen molar-refractivity contribution < 1.29 is 5.11 Å². The van der Waals surface area contributed by atoms with Crippen LogP contribution in [0.4, 0.5) is 0 Å². The highest BCUT2D eigenvalue weighted by molar-refractivity contribution is 4.59. The standard InChI is InChI=1S/C7H16NO/c1-3-4-5-8-6-7(2)9/h7-9H,2-6H2,1H3. The molecule has 0 rings (SSSR count). The van der Waals surface area contributed by atoms with Gasteiger partial charge in [0, 0.05) is 6.54 Å². The molecule has 0 fully saturated rings. The molecule has 2 heteroatoms. The van der Waals surface area contributed by atoms with E-state index in [2.05, 4.69) is 19.2 Å². The van der Waals surface area contributed by atoms with Crippen LogP contribution in [0.3, 0.4) is 0 Å². The summed E-state index contributed by atoms with van der Waals surface area (Å²) < 4.78 is 0. The van der Waals surface area contributed by atoms with Gasteiger partial charge in [0.1, 0.15) is 0 Å². The van der Waals surface area contributed by atoms with Gasteiger partial charge in [-0.25, -0.2) is 0 Å². The minimum Gasteiger partial charge on any atom is -0.392 e. The Morgan fingerprint density at radius 2 is 2.33 bits per heavy atom. The number of aliphatic hydroxyl groups excluding tert-OH is 1. The lowest BCUT2D eigenvalue weighted by atomic mass is 10.3. The molecule has 1 atom stereocenters. The number of hydrogen-bond donors (Lipinski definition) is 2. The zero-order valence-corrected chi connectivity index (χ0v) is 6.06. The van der Waals surface area contributed by atoms with E-state index in [0.717, 1.165) is 6.54 Å². The maximum absolute atomic E-state index is 8.68. The second-order valence-corrected chi connectivity index (χ2v) is 2.21. The number of rotatable bonds is 5. The van der Waals surface area contributed by atoms with Crippen LogP contribution in [0.15, 0.2) is 0 Å². The largest absolute Gasteiger partial charge is 0.392 e. The topological polar surface area (TPSA) is 32.3 Å². The SMILES string of the molecule is [CH2]C(O)CNCCCC. The molecule has 1 unspecified atom stereocenters. The van der Waals surface area contributed by atoms with Crippen LogP contribution in [0.1, 0.15) is 19.8 Å². The summed E-state index contributed by atoms with van der Waals surface area (Å²) in [4.78, 5) is 0. The summed E-state index contributed by atoms with van der Waals surface area (Å²) in [6.45, 7) is 7.17. The molecule has 55 valence electrons. The van der Waals surface area contributed by atoms with Crippen molar-refractivity contribution in [3.63, 3.8) is 0 Å². The van der Waals surface area contributed by atoms with Crippen LogP contribution in [-0.4, -0.2) is 24.3 Å². The molecule has 0 amide bonds. The Hall–Kier alpha value is -0.0800. The van der Waals surface area contributed by atoms with E-state index in [1.165, 1.54) is 12.8 Å². The molecule has 9 heavy (non-hydrogen) atoms. The van der Waals surface area contributed by atoms with Crippen LogP contribution in [0.2, 0.25) is 0 Å². The third-order valence-electron chi connectivity index (χ3n) is 1.09. The van der Waals surface area contributed by atoms with Gasteiger partial charge in [-0.05, 0) is 19.9 Å². The lowest BCUT2D eigenvalue weighted by molar-refractivity contribution is 0.216. The molecule has 0 heterocycles. The second kappa shape index (κ2) is 6.05. The molecule has 0 aliphatic carbocycles. The molecule has 0 saturated heterocycles. The van der Waals surface area contributed by atoms with Crippen LogP contribution >= 0.6 is 0 Å². The fourth-order valence-corrected chi connectivity index (χ4v) is 0.570. The maximum atomic E-state index is 8.68.